The molecule has 1 saturated carbocycles. The molecular weight excluding hydrogens is 341 g/mol. The number of aromatic amines is 1. The van der Waals surface area contributed by atoms with Crippen LogP contribution in [-0.4, -0.2) is 33.9 Å². The van der Waals surface area contributed by atoms with Gasteiger partial charge in [-0.1, -0.05) is 24.3 Å². The van der Waals surface area contributed by atoms with Crippen molar-refractivity contribution in [2.24, 2.45) is 5.92 Å². The molecule has 5 rings (SSSR count). The lowest BCUT2D eigenvalue weighted by Gasteiger charge is -2.32. The van der Waals surface area contributed by atoms with Crippen LogP contribution < -0.4 is 0 Å². The fourth-order valence-electron chi connectivity index (χ4n) is 4.35. The van der Waals surface area contributed by atoms with Gasteiger partial charge in [0.25, 0.3) is 0 Å². The van der Waals surface area contributed by atoms with Crippen LogP contribution in [-0.2, 0) is 4.79 Å². The zero-order valence-electron chi connectivity index (χ0n) is 15.1. The largest absolute Gasteiger partial charge is 0.342 e. The van der Waals surface area contributed by atoms with Crippen LogP contribution in [0.5, 0.6) is 0 Å². The molecule has 1 saturated heterocycles. The number of carbonyl (C=O) groups is 1. The molecule has 0 bridgehead atoms. The predicted octanol–water partition coefficient (Wildman–Crippen LogP) is 4.21. The van der Waals surface area contributed by atoms with E-state index >= 15 is 0 Å². The van der Waals surface area contributed by atoms with E-state index in [4.69, 9.17) is 4.98 Å². The fourth-order valence-corrected chi connectivity index (χ4v) is 4.35. The summed E-state index contributed by atoms with van der Waals surface area (Å²) in [6.45, 7) is 1.55. The fraction of sp³-hybridized carbons (Fsp3) is 0.364. The number of piperidine rings is 1. The summed E-state index contributed by atoms with van der Waals surface area (Å²) in [5, 5.41) is 0. The predicted molar refractivity (Wildman–Crippen MR) is 102 cm³/mol. The van der Waals surface area contributed by atoms with E-state index in [-0.39, 0.29) is 29.5 Å². The van der Waals surface area contributed by atoms with Gasteiger partial charge in [0.1, 0.15) is 11.6 Å². The molecule has 3 aromatic rings. The smallest absolute Gasteiger partial charge is 0.226 e. The van der Waals surface area contributed by atoms with Crippen molar-refractivity contribution >= 4 is 16.9 Å². The number of hydrogen-bond acceptors (Lipinski definition) is 2. The average molecular weight is 363 g/mol. The number of aromatic nitrogens is 2. The van der Waals surface area contributed by atoms with Crippen molar-refractivity contribution in [1.82, 2.24) is 14.9 Å². The Hall–Kier alpha value is -2.69. The summed E-state index contributed by atoms with van der Waals surface area (Å²) in [7, 11) is 0. The Morgan fingerprint density at radius 3 is 2.78 bits per heavy atom. The molecule has 1 amide bonds. The molecule has 1 N–H and O–H groups in total. The third-order valence-corrected chi connectivity index (χ3v) is 5.93. The maximum Gasteiger partial charge on any atom is 0.226 e. The highest BCUT2D eigenvalue weighted by atomic mass is 19.1. The molecule has 4 nitrogen and oxygen atoms in total. The number of rotatable bonds is 3. The van der Waals surface area contributed by atoms with Crippen LogP contribution in [0, 0.1) is 11.7 Å². The van der Waals surface area contributed by atoms with Crippen LogP contribution in [0.4, 0.5) is 4.39 Å². The van der Waals surface area contributed by atoms with Gasteiger partial charge < -0.3 is 9.88 Å². The first-order valence-electron chi connectivity index (χ1n) is 9.68. The number of carbonyl (C=O) groups excluding carboxylic acids is 1. The molecule has 2 aromatic carbocycles. The number of hydrogen-bond donors (Lipinski definition) is 1. The second-order valence-electron chi connectivity index (χ2n) is 7.76. The molecule has 5 heteroatoms. The SMILES string of the molecule is O=C(C1CC1c1ccc(F)cc1)N1CCCC(c2nc3ccccc3[nH]2)C1. The average Bonchev–Trinajstić information content (AvgIpc) is 3.38. The van der Waals surface area contributed by atoms with Crippen molar-refractivity contribution in [1.29, 1.82) is 0 Å². The van der Waals surface area contributed by atoms with E-state index in [0.29, 0.717) is 0 Å². The highest BCUT2D eigenvalue weighted by Gasteiger charge is 2.46. The molecule has 2 heterocycles. The number of nitrogens with one attached hydrogen (secondary N) is 1. The van der Waals surface area contributed by atoms with E-state index < -0.39 is 0 Å². The van der Waals surface area contributed by atoms with Crippen LogP contribution in [0.2, 0.25) is 0 Å². The number of halogens is 1. The second kappa shape index (κ2) is 6.48. The van der Waals surface area contributed by atoms with Gasteiger partial charge in [-0.3, -0.25) is 4.79 Å². The van der Waals surface area contributed by atoms with Gasteiger partial charge in [0.05, 0.1) is 11.0 Å². The highest BCUT2D eigenvalue weighted by Crippen LogP contribution is 2.49. The molecule has 3 unspecified atom stereocenters. The molecule has 1 aliphatic heterocycles. The summed E-state index contributed by atoms with van der Waals surface area (Å²) >= 11 is 0. The number of nitrogens with zero attached hydrogens (tertiary/aromatic N) is 2. The normalized spacial score (nSPS) is 24.9. The molecule has 0 radical (unpaired) electrons. The standard InChI is InChI=1S/C22H22FN3O/c23-16-9-7-14(8-10-16)17-12-18(17)22(27)26-11-3-4-15(13-26)21-24-19-5-1-2-6-20(19)25-21/h1-2,5-10,15,17-18H,3-4,11-13H2,(H,24,25). The van der Waals surface area contributed by atoms with Gasteiger partial charge in [0.2, 0.25) is 5.91 Å². The molecular formula is C22H22FN3O. The monoisotopic (exact) mass is 363 g/mol. The zero-order chi connectivity index (χ0) is 18.4. The maximum atomic E-state index is 13.1. The van der Waals surface area contributed by atoms with Crippen molar-refractivity contribution in [3.63, 3.8) is 0 Å². The quantitative estimate of drug-likeness (QED) is 0.758. The number of fused-ring (bicyclic) bond motifs is 1. The minimum absolute atomic E-state index is 0.0462. The van der Waals surface area contributed by atoms with Crippen LogP contribution >= 0.6 is 0 Å². The van der Waals surface area contributed by atoms with Gasteiger partial charge in [-0.05, 0) is 55.0 Å². The van der Waals surface area contributed by atoms with Gasteiger partial charge in [0, 0.05) is 24.9 Å². The molecule has 138 valence electrons. The van der Waals surface area contributed by atoms with Crippen molar-refractivity contribution < 1.29 is 9.18 Å². The van der Waals surface area contributed by atoms with Crippen LogP contribution in [0.1, 0.15) is 42.5 Å². The minimum Gasteiger partial charge on any atom is -0.342 e. The van der Waals surface area contributed by atoms with E-state index in [1.807, 2.05) is 29.2 Å². The van der Waals surface area contributed by atoms with Crippen molar-refractivity contribution in [2.45, 2.75) is 31.1 Å². The Morgan fingerprint density at radius 1 is 1.15 bits per heavy atom. The number of benzene rings is 2. The highest BCUT2D eigenvalue weighted by molar-refractivity contribution is 5.83. The maximum absolute atomic E-state index is 13.1. The molecule has 0 spiro atoms. The number of H-pyrrole nitrogens is 1. The Labute approximate surface area is 157 Å². The van der Waals surface area contributed by atoms with Gasteiger partial charge in [-0.15, -0.1) is 0 Å². The van der Waals surface area contributed by atoms with Gasteiger partial charge >= 0.3 is 0 Å². The van der Waals surface area contributed by atoms with Gasteiger partial charge in [-0.25, -0.2) is 9.37 Å². The van der Waals surface area contributed by atoms with Crippen LogP contribution in [0.25, 0.3) is 11.0 Å². The molecule has 2 aliphatic rings. The summed E-state index contributed by atoms with van der Waals surface area (Å²) in [6.07, 6.45) is 2.92. The molecule has 1 aliphatic carbocycles. The van der Waals surface area contributed by atoms with Gasteiger partial charge in [-0.2, -0.15) is 0 Å². The van der Waals surface area contributed by atoms with Crippen molar-refractivity contribution in [3.8, 4) is 0 Å². The third-order valence-electron chi connectivity index (χ3n) is 5.93. The first-order valence-corrected chi connectivity index (χ1v) is 9.68. The van der Waals surface area contributed by atoms with E-state index in [1.165, 1.54) is 12.1 Å². The van der Waals surface area contributed by atoms with E-state index in [0.717, 1.165) is 54.8 Å². The number of likely N-dealkylation sites (tertiary alicyclic amines) is 1. The van der Waals surface area contributed by atoms with Crippen LogP contribution in [0.15, 0.2) is 48.5 Å². The molecule has 3 atom stereocenters. The summed E-state index contributed by atoms with van der Waals surface area (Å²) in [6, 6.07) is 14.6. The van der Waals surface area contributed by atoms with Crippen LogP contribution in [0.3, 0.4) is 0 Å². The lowest BCUT2D eigenvalue weighted by molar-refractivity contribution is -0.133. The Kier molecular flexibility index (Phi) is 3.96. The first-order chi connectivity index (χ1) is 13.2. The molecule has 2 fully saturated rings. The number of amides is 1. The van der Waals surface area contributed by atoms with Crippen molar-refractivity contribution in [3.05, 3.63) is 65.7 Å². The molecule has 27 heavy (non-hydrogen) atoms. The Morgan fingerprint density at radius 2 is 1.96 bits per heavy atom. The number of imidazole rings is 1. The topological polar surface area (TPSA) is 49.0 Å². The molecule has 1 aromatic heterocycles. The van der Waals surface area contributed by atoms with E-state index in [9.17, 15) is 9.18 Å². The lowest BCUT2D eigenvalue weighted by Crippen LogP contribution is -2.40. The summed E-state index contributed by atoms with van der Waals surface area (Å²) in [5.41, 5.74) is 3.10. The van der Waals surface area contributed by atoms with Gasteiger partial charge in [0.15, 0.2) is 0 Å². The minimum atomic E-state index is -0.230. The van der Waals surface area contributed by atoms with E-state index in [1.54, 1.807) is 12.1 Å². The summed E-state index contributed by atoms with van der Waals surface area (Å²) < 4.78 is 13.1. The summed E-state index contributed by atoms with van der Waals surface area (Å²) in [4.78, 5) is 23.1. The lowest BCUT2D eigenvalue weighted by atomic mass is 9.96. The third kappa shape index (κ3) is 3.11. The number of para-hydroxylation sites is 2. The van der Waals surface area contributed by atoms with E-state index in [2.05, 4.69) is 4.98 Å². The Balaban J connectivity index is 1.28. The zero-order valence-corrected chi connectivity index (χ0v) is 15.1. The Bertz CT molecular complexity index is 948. The second-order valence-corrected chi connectivity index (χ2v) is 7.76. The first kappa shape index (κ1) is 16.5. The van der Waals surface area contributed by atoms with Crippen molar-refractivity contribution in [2.75, 3.05) is 13.1 Å². The summed E-state index contributed by atoms with van der Waals surface area (Å²) in [5.74, 6) is 1.55.